The molecule has 232 valence electrons. The van der Waals surface area contributed by atoms with Crippen LogP contribution in [-0.4, -0.2) is 0 Å². The minimum Gasteiger partial charge on any atom is -0.380 e. The first-order valence-corrected chi connectivity index (χ1v) is 14.7. The van der Waals surface area contributed by atoms with E-state index in [4.69, 9.17) is 0 Å². The van der Waals surface area contributed by atoms with Crippen molar-refractivity contribution in [2.24, 2.45) is 0 Å². The number of nitrogens with one attached hydrogen (secondary N) is 2. The molecular formula is C36H28F6N4+2. The van der Waals surface area contributed by atoms with Gasteiger partial charge in [0.25, 0.3) is 0 Å². The molecule has 2 aromatic heterocycles. The smallest absolute Gasteiger partial charge is 0.380 e. The summed E-state index contributed by atoms with van der Waals surface area (Å²) in [5.74, 6) is 0. The van der Waals surface area contributed by atoms with Crippen molar-refractivity contribution in [1.82, 2.24) is 0 Å². The highest BCUT2D eigenvalue weighted by Gasteiger charge is 2.33. The molecule has 46 heavy (non-hydrogen) atoms. The topological polar surface area (TPSA) is 31.8 Å². The second kappa shape index (κ2) is 11.3. The molecule has 4 nitrogen and oxygen atoms in total. The lowest BCUT2D eigenvalue weighted by Gasteiger charge is -2.13. The lowest BCUT2D eigenvalue weighted by Crippen LogP contribution is -2.36. The van der Waals surface area contributed by atoms with E-state index in [0.29, 0.717) is 59.4 Å². The molecule has 10 heteroatoms. The molecule has 6 heterocycles. The molecule has 4 aromatic carbocycles. The molecule has 0 saturated heterocycles. The first-order valence-electron chi connectivity index (χ1n) is 14.7. The number of rotatable bonds is 0. The summed E-state index contributed by atoms with van der Waals surface area (Å²) in [6, 6.07) is 26.7. The van der Waals surface area contributed by atoms with E-state index in [0.717, 1.165) is 34.4 Å². The molecule has 4 aliphatic heterocycles. The Hall–Kier alpha value is -5.12. The van der Waals surface area contributed by atoms with Gasteiger partial charge in [0.1, 0.15) is 0 Å². The van der Waals surface area contributed by atoms with Gasteiger partial charge >= 0.3 is 12.4 Å². The quantitative estimate of drug-likeness (QED) is 0.131. The van der Waals surface area contributed by atoms with E-state index in [1.807, 2.05) is 70.1 Å². The third-order valence-electron chi connectivity index (χ3n) is 8.38. The molecule has 0 unspecified atom stereocenters. The van der Waals surface area contributed by atoms with E-state index in [-0.39, 0.29) is 0 Å². The van der Waals surface area contributed by atoms with Crippen molar-refractivity contribution in [2.75, 3.05) is 10.6 Å². The van der Waals surface area contributed by atoms with Crippen molar-refractivity contribution in [3.8, 4) is 0 Å². The Morgan fingerprint density at radius 3 is 1.33 bits per heavy atom. The molecule has 0 atom stereocenters. The third kappa shape index (κ3) is 5.94. The predicted molar refractivity (Wildman–Crippen MR) is 164 cm³/mol. The fourth-order valence-electron chi connectivity index (χ4n) is 6.00. The van der Waals surface area contributed by atoms with Crippen molar-refractivity contribution in [1.29, 1.82) is 0 Å². The van der Waals surface area contributed by atoms with Gasteiger partial charge in [0, 0.05) is 48.5 Å². The molecule has 2 N–H and O–H groups in total. The van der Waals surface area contributed by atoms with Crippen molar-refractivity contribution >= 4 is 33.2 Å². The zero-order chi connectivity index (χ0) is 32.1. The van der Waals surface area contributed by atoms with Crippen molar-refractivity contribution in [3.63, 3.8) is 0 Å². The van der Waals surface area contributed by atoms with Gasteiger partial charge in [0.05, 0.1) is 33.3 Å². The number of nitrogens with zero attached hydrogens (tertiary/aromatic N) is 2. The Morgan fingerprint density at radius 2 is 0.913 bits per heavy atom. The lowest BCUT2D eigenvalue weighted by molar-refractivity contribution is -0.663. The largest absolute Gasteiger partial charge is 0.416 e. The van der Waals surface area contributed by atoms with Crippen LogP contribution in [0.15, 0.2) is 109 Å². The fraction of sp³-hybridized carbons (Fsp3) is 0.167. The van der Waals surface area contributed by atoms with Gasteiger partial charge < -0.3 is 10.6 Å². The van der Waals surface area contributed by atoms with Gasteiger partial charge in [-0.2, -0.15) is 35.5 Å². The van der Waals surface area contributed by atoms with Crippen LogP contribution in [0.3, 0.4) is 0 Å². The fourth-order valence-corrected chi connectivity index (χ4v) is 6.00. The van der Waals surface area contributed by atoms with E-state index in [9.17, 15) is 26.3 Å². The van der Waals surface area contributed by atoms with Crippen LogP contribution >= 0.6 is 0 Å². The number of anilines is 2. The molecule has 6 aromatic rings. The summed E-state index contributed by atoms with van der Waals surface area (Å²) in [4.78, 5) is 0. The second-order valence-corrected chi connectivity index (χ2v) is 11.5. The summed E-state index contributed by atoms with van der Waals surface area (Å²) < 4.78 is 86.2. The maximum Gasteiger partial charge on any atom is 0.416 e. The van der Waals surface area contributed by atoms with Crippen LogP contribution in [0.1, 0.15) is 33.4 Å². The minimum absolute atomic E-state index is 0.384. The van der Waals surface area contributed by atoms with Gasteiger partial charge in [0.2, 0.25) is 11.0 Å². The molecule has 10 rings (SSSR count). The van der Waals surface area contributed by atoms with Crippen LogP contribution in [0.2, 0.25) is 0 Å². The highest BCUT2D eigenvalue weighted by atomic mass is 19.4. The molecule has 0 fully saturated rings. The monoisotopic (exact) mass is 630 g/mol. The molecule has 0 spiro atoms. The molecule has 0 amide bonds. The number of hydrogen-bond acceptors (Lipinski definition) is 2. The summed E-state index contributed by atoms with van der Waals surface area (Å²) >= 11 is 0. The van der Waals surface area contributed by atoms with Crippen LogP contribution in [0, 0.1) is 0 Å². The maximum absolute atomic E-state index is 13.7. The van der Waals surface area contributed by atoms with E-state index in [1.165, 1.54) is 24.3 Å². The molecule has 4 aliphatic rings. The Kier molecular flexibility index (Phi) is 7.30. The Morgan fingerprint density at radius 1 is 0.478 bits per heavy atom. The second-order valence-electron chi connectivity index (χ2n) is 11.5. The molecular weight excluding hydrogens is 602 g/mol. The predicted octanol–water partition coefficient (Wildman–Crippen LogP) is 8.24. The number of benzene rings is 4. The van der Waals surface area contributed by atoms with Gasteiger partial charge in [-0.1, -0.05) is 42.5 Å². The minimum atomic E-state index is -4.48. The molecule has 0 aliphatic carbocycles. The van der Waals surface area contributed by atoms with Crippen molar-refractivity contribution < 1.29 is 35.5 Å². The van der Waals surface area contributed by atoms with E-state index in [2.05, 4.69) is 10.6 Å². The molecule has 0 saturated carbocycles. The van der Waals surface area contributed by atoms with Crippen molar-refractivity contribution in [3.05, 3.63) is 143 Å². The first kappa shape index (κ1) is 29.6. The average Bonchev–Trinajstić information content (AvgIpc) is 3.03. The van der Waals surface area contributed by atoms with Gasteiger partial charge in [-0.3, -0.25) is 0 Å². The summed E-state index contributed by atoms with van der Waals surface area (Å²) in [6.45, 7) is 1.57. The molecule has 8 bridgehead atoms. The van der Waals surface area contributed by atoms with Gasteiger partial charge in [0.15, 0.2) is 25.5 Å². The van der Waals surface area contributed by atoms with Crippen LogP contribution in [-0.2, 0) is 38.5 Å². The normalized spacial score (nSPS) is 13.9. The van der Waals surface area contributed by atoms with Crippen LogP contribution < -0.4 is 19.8 Å². The number of hydrogen-bond donors (Lipinski definition) is 2. The summed E-state index contributed by atoms with van der Waals surface area (Å²) in [5.41, 5.74) is 4.73. The number of pyridine rings is 2. The summed E-state index contributed by atoms with van der Waals surface area (Å²) in [7, 11) is 0. The highest BCUT2D eigenvalue weighted by molar-refractivity contribution is 5.90. The zero-order valence-electron chi connectivity index (χ0n) is 24.4. The van der Waals surface area contributed by atoms with Gasteiger partial charge in [-0.15, -0.1) is 0 Å². The number of aromatic nitrogens is 2. The first-order chi connectivity index (χ1) is 22.0. The summed E-state index contributed by atoms with van der Waals surface area (Å²) in [6.07, 6.45) is -5.24. The van der Waals surface area contributed by atoms with Gasteiger partial charge in [-0.25, -0.2) is 0 Å². The third-order valence-corrected chi connectivity index (χ3v) is 8.38. The number of halogens is 6. The van der Waals surface area contributed by atoms with Crippen LogP contribution in [0.4, 0.5) is 37.7 Å². The standard InChI is InChI=1S/C36H26F6N4/c37-35(38,39)27-8-10-33-29(17-27)31-12-14-45(33)21-25-2-1-3-26(16-25)22-46-15-13-32(30-18-28(36(40,41)42)9-11-34(30)46)44-20-24-6-4-23(5-7-24)19-43-31/h1-18H,19-22H2/p+2. The zero-order valence-corrected chi connectivity index (χ0v) is 24.4. The van der Waals surface area contributed by atoms with E-state index >= 15 is 0 Å². The van der Waals surface area contributed by atoms with Crippen molar-refractivity contribution in [2.45, 2.75) is 38.5 Å². The Labute approximate surface area is 260 Å². The number of fused-ring (bicyclic) bond motifs is 1. The number of alkyl halides is 6. The SMILES string of the molecule is FC(F)(F)c1ccc2c(c1)c1cc[n+]2Cc2cccc(c2)C[n+]2ccc(c3cc(C(F)(F)F)ccc32)NCc2ccc(cc2)CN1. The van der Waals surface area contributed by atoms with E-state index in [1.54, 1.807) is 12.1 Å². The lowest BCUT2D eigenvalue weighted by atomic mass is 10.1. The highest BCUT2D eigenvalue weighted by Crippen LogP contribution is 2.34. The maximum atomic E-state index is 13.7. The van der Waals surface area contributed by atoms with Crippen LogP contribution in [0.25, 0.3) is 21.8 Å². The molecule has 0 radical (unpaired) electrons. The Bertz CT molecular complexity index is 1940. The van der Waals surface area contributed by atoms with Crippen LogP contribution in [0.5, 0.6) is 0 Å². The summed E-state index contributed by atoms with van der Waals surface area (Å²) in [5, 5.41) is 7.55. The average molecular weight is 631 g/mol. The van der Waals surface area contributed by atoms with Gasteiger partial charge in [-0.05, 0) is 41.5 Å². The van der Waals surface area contributed by atoms with E-state index < -0.39 is 23.5 Å². The Balaban J connectivity index is 1.36.